The second-order valence-corrected chi connectivity index (χ2v) is 13.4. The van der Waals surface area contributed by atoms with Crippen LogP contribution in [0.3, 0.4) is 0 Å². The summed E-state index contributed by atoms with van der Waals surface area (Å²) in [6.45, 7) is 2.39. The molecule has 4 heteroatoms. The fourth-order valence-electron chi connectivity index (χ4n) is 11.5. The Bertz CT molecular complexity index is 710. The number of nitrogens with zero attached hydrogens (tertiary/aromatic N) is 1. The molecule has 3 aliphatic heterocycles. The van der Waals surface area contributed by atoms with Crippen LogP contribution >= 0.6 is 0 Å². The van der Waals surface area contributed by atoms with Gasteiger partial charge in [-0.05, 0) is 106 Å². The van der Waals surface area contributed by atoms with Crippen LogP contribution in [0, 0.1) is 40.9 Å². The second kappa shape index (κ2) is 9.14. The van der Waals surface area contributed by atoms with Crippen molar-refractivity contribution in [3.8, 4) is 0 Å². The van der Waals surface area contributed by atoms with Gasteiger partial charge in [0.15, 0.2) is 0 Å². The van der Waals surface area contributed by atoms with Gasteiger partial charge in [0.1, 0.15) is 5.78 Å². The summed E-state index contributed by atoms with van der Waals surface area (Å²) in [6.07, 6.45) is 24.1. The van der Waals surface area contributed by atoms with Gasteiger partial charge in [-0.3, -0.25) is 9.69 Å². The first-order valence-electron chi connectivity index (χ1n) is 15.6. The number of Topliss-reactive ketones (excluding diaryl/α,β-unsaturated/α-hetero) is 1. The van der Waals surface area contributed by atoms with Gasteiger partial charge < -0.3 is 10.6 Å². The Morgan fingerprint density at radius 3 is 1.59 bits per heavy atom. The van der Waals surface area contributed by atoms with E-state index in [2.05, 4.69) is 15.5 Å². The number of ketones is 1. The lowest BCUT2D eigenvalue weighted by atomic mass is 9.38. The molecular formula is C30H49N3O. The van der Waals surface area contributed by atoms with Crippen molar-refractivity contribution >= 4 is 5.78 Å². The van der Waals surface area contributed by atoms with Crippen LogP contribution in [-0.2, 0) is 4.79 Å². The molecule has 0 radical (unpaired) electrons. The van der Waals surface area contributed by atoms with E-state index in [4.69, 9.17) is 0 Å². The summed E-state index contributed by atoms with van der Waals surface area (Å²) in [5.41, 5.74) is 0.394. The van der Waals surface area contributed by atoms with Crippen molar-refractivity contribution in [1.82, 2.24) is 15.5 Å². The predicted molar refractivity (Wildman–Crippen MR) is 136 cm³/mol. The number of rotatable bonds is 1. The number of carbonyl (C=O) groups excluding carboxylic acids is 1. The first-order chi connectivity index (χ1) is 16.8. The van der Waals surface area contributed by atoms with Crippen LogP contribution in [0.4, 0.5) is 0 Å². The zero-order valence-electron chi connectivity index (χ0n) is 21.5. The van der Waals surface area contributed by atoms with Crippen molar-refractivity contribution in [2.24, 2.45) is 40.9 Å². The minimum atomic E-state index is 0.388. The number of piperidine rings is 3. The molecule has 34 heavy (non-hydrogen) atoms. The maximum Gasteiger partial charge on any atom is 0.139 e. The number of carbonyl (C=O) groups is 1. The second-order valence-electron chi connectivity index (χ2n) is 13.4. The lowest BCUT2D eigenvalue weighted by Crippen LogP contribution is -2.79. The molecule has 3 heterocycles. The summed E-state index contributed by atoms with van der Waals surface area (Å²) in [6, 6.07) is 0.761. The molecule has 8 atom stereocenters. The van der Waals surface area contributed by atoms with Gasteiger partial charge in [-0.2, -0.15) is 0 Å². The van der Waals surface area contributed by atoms with Crippen LogP contribution in [0.25, 0.3) is 0 Å². The lowest BCUT2D eigenvalue weighted by Gasteiger charge is -2.72. The fraction of sp³-hybridized carbons (Fsp3) is 0.967. The van der Waals surface area contributed by atoms with Crippen molar-refractivity contribution < 1.29 is 4.79 Å². The lowest BCUT2D eigenvalue weighted by molar-refractivity contribution is -0.246. The van der Waals surface area contributed by atoms with Gasteiger partial charge in [0.2, 0.25) is 0 Å². The highest BCUT2D eigenvalue weighted by Crippen LogP contribution is 2.69. The van der Waals surface area contributed by atoms with Crippen molar-refractivity contribution in [2.45, 2.75) is 128 Å². The summed E-state index contributed by atoms with van der Waals surface area (Å²) < 4.78 is 0. The maximum atomic E-state index is 14.0. The van der Waals surface area contributed by atoms with Crippen molar-refractivity contribution in [1.29, 1.82) is 0 Å². The SMILES string of the molecule is O=C1C2CCCCC2C2(C3CCCCC13)C1CCCNC1N(C1CCCCC1)C1NCCCC12. The van der Waals surface area contributed by atoms with E-state index < -0.39 is 0 Å². The Balaban J connectivity index is 1.38. The summed E-state index contributed by atoms with van der Waals surface area (Å²) in [7, 11) is 0. The van der Waals surface area contributed by atoms with Crippen LogP contribution < -0.4 is 10.6 Å². The zero-order chi connectivity index (χ0) is 22.7. The molecule has 4 nitrogen and oxygen atoms in total. The number of likely N-dealkylation sites (tertiary alicyclic amines) is 1. The van der Waals surface area contributed by atoms with Gasteiger partial charge in [-0.25, -0.2) is 0 Å². The molecule has 7 aliphatic rings. The molecule has 0 aromatic carbocycles. The Morgan fingerprint density at radius 1 is 0.559 bits per heavy atom. The first-order valence-corrected chi connectivity index (χ1v) is 15.6. The molecule has 2 N–H and O–H groups in total. The van der Waals surface area contributed by atoms with Crippen LogP contribution in [-0.4, -0.2) is 42.1 Å². The Hall–Kier alpha value is -0.450. The molecule has 0 aromatic heterocycles. The molecule has 0 amide bonds. The number of hydrogen-bond acceptors (Lipinski definition) is 4. The summed E-state index contributed by atoms with van der Waals surface area (Å²) in [4.78, 5) is 17.1. The molecule has 4 aliphatic carbocycles. The smallest absolute Gasteiger partial charge is 0.139 e. The average molecular weight is 468 g/mol. The topological polar surface area (TPSA) is 44.4 Å². The van der Waals surface area contributed by atoms with Crippen LogP contribution in [0.2, 0.25) is 0 Å². The highest BCUT2D eigenvalue weighted by Gasteiger charge is 2.70. The predicted octanol–water partition coefficient (Wildman–Crippen LogP) is 5.47. The molecular weight excluding hydrogens is 418 g/mol. The van der Waals surface area contributed by atoms with E-state index in [9.17, 15) is 4.79 Å². The van der Waals surface area contributed by atoms with Gasteiger partial charge in [0, 0.05) is 17.9 Å². The standard InChI is InChI=1S/C30H49N3O/c34-27-21-12-4-6-14-23(21)30(24-15-7-5-13-22(24)27)25-16-8-18-31-28(25)33(20-10-2-1-3-11-20)29-26(30)17-9-19-32-29/h20-26,28-29,31-32H,1-19H2. The van der Waals surface area contributed by atoms with E-state index in [-0.39, 0.29) is 0 Å². The molecule has 0 bridgehead atoms. The molecule has 8 unspecified atom stereocenters. The number of fused-ring (bicyclic) bond motifs is 8. The average Bonchev–Trinajstić information content (AvgIpc) is 2.91. The molecule has 0 aromatic rings. The van der Waals surface area contributed by atoms with E-state index in [0.717, 1.165) is 23.7 Å². The minimum absolute atomic E-state index is 0.388. The highest BCUT2D eigenvalue weighted by atomic mass is 16.1. The van der Waals surface area contributed by atoms with E-state index >= 15 is 0 Å². The molecule has 1 spiro atoms. The van der Waals surface area contributed by atoms with Gasteiger partial charge >= 0.3 is 0 Å². The maximum absolute atomic E-state index is 14.0. The normalized spacial score (nSPS) is 50.2. The van der Waals surface area contributed by atoms with Crippen LogP contribution in [0.5, 0.6) is 0 Å². The molecule has 7 rings (SSSR count). The highest BCUT2D eigenvalue weighted by molar-refractivity contribution is 5.85. The summed E-state index contributed by atoms with van der Waals surface area (Å²) in [5, 5.41) is 8.35. The third kappa shape index (κ3) is 3.23. The van der Waals surface area contributed by atoms with Gasteiger partial charge in [0.25, 0.3) is 0 Å². The number of hydrogen-bond donors (Lipinski definition) is 2. The van der Waals surface area contributed by atoms with Crippen molar-refractivity contribution in [3.63, 3.8) is 0 Å². The van der Waals surface area contributed by atoms with Crippen LogP contribution in [0.15, 0.2) is 0 Å². The van der Waals surface area contributed by atoms with Crippen LogP contribution in [0.1, 0.15) is 109 Å². The first kappa shape index (κ1) is 22.7. The van der Waals surface area contributed by atoms with Crippen molar-refractivity contribution in [3.05, 3.63) is 0 Å². The Kier molecular flexibility index (Phi) is 6.11. The van der Waals surface area contributed by atoms with E-state index in [1.165, 1.54) is 122 Å². The fourth-order valence-corrected chi connectivity index (χ4v) is 11.5. The largest absolute Gasteiger partial charge is 0.301 e. The molecule has 4 saturated carbocycles. The third-order valence-corrected chi connectivity index (χ3v) is 12.3. The third-order valence-electron chi connectivity index (χ3n) is 12.3. The zero-order valence-corrected chi connectivity index (χ0v) is 21.5. The minimum Gasteiger partial charge on any atom is -0.301 e. The summed E-state index contributed by atoms with van der Waals surface area (Å²) in [5.74, 6) is 4.36. The number of nitrogens with one attached hydrogen (secondary N) is 2. The molecule has 3 saturated heterocycles. The Morgan fingerprint density at radius 2 is 1.03 bits per heavy atom. The molecule has 7 fully saturated rings. The van der Waals surface area contributed by atoms with Gasteiger partial charge in [-0.1, -0.05) is 44.9 Å². The van der Waals surface area contributed by atoms with Crippen molar-refractivity contribution in [2.75, 3.05) is 13.1 Å². The quantitative estimate of drug-likeness (QED) is 0.537. The van der Waals surface area contributed by atoms with Gasteiger partial charge in [-0.15, -0.1) is 0 Å². The van der Waals surface area contributed by atoms with E-state index in [0.29, 0.717) is 41.4 Å². The Labute approximate surface area is 207 Å². The van der Waals surface area contributed by atoms with E-state index in [1.807, 2.05) is 0 Å². The monoisotopic (exact) mass is 467 g/mol. The molecule has 190 valence electrons. The van der Waals surface area contributed by atoms with E-state index in [1.54, 1.807) is 0 Å². The summed E-state index contributed by atoms with van der Waals surface area (Å²) >= 11 is 0. The van der Waals surface area contributed by atoms with Gasteiger partial charge in [0.05, 0.1) is 12.3 Å².